The van der Waals surface area contributed by atoms with E-state index in [9.17, 15) is 14.7 Å². The lowest BCUT2D eigenvalue weighted by Crippen LogP contribution is -2.40. The van der Waals surface area contributed by atoms with Crippen molar-refractivity contribution >= 4 is 22.8 Å². The smallest absolute Gasteiger partial charge is 0.312 e. The summed E-state index contributed by atoms with van der Waals surface area (Å²) >= 11 is 0. The van der Waals surface area contributed by atoms with Crippen molar-refractivity contribution in [3.63, 3.8) is 0 Å². The number of nitrogens with one attached hydrogen (secondary N) is 1. The number of nitrogens with zero attached hydrogens (tertiary/aromatic N) is 1. The van der Waals surface area contributed by atoms with Crippen LogP contribution in [0.3, 0.4) is 0 Å². The Bertz CT molecular complexity index is 944. The molecule has 0 radical (unpaired) electrons. The fourth-order valence-corrected chi connectivity index (χ4v) is 3.42. The van der Waals surface area contributed by atoms with Crippen LogP contribution in [0, 0.1) is 0 Å². The molecule has 0 saturated heterocycles. The van der Waals surface area contributed by atoms with Crippen molar-refractivity contribution in [1.29, 1.82) is 0 Å². The molecule has 1 aliphatic rings. The van der Waals surface area contributed by atoms with Crippen LogP contribution in [-0.4, -0.2) is 33.4 Å². The first kappa shape index (κ1) is 14.5. The Hall–Kier alpha value is -3.08. The lowest BCUT2D eigenvalue weighted by atomic mass is 9.89. The first-order valence-electron chi connectivity index (χ1n) is 7.81. The molecule has 0 aliphatic carbocycles. The van der Waals surface area contributed by atoms with Gasteiger partial charge in [0, 0.05) is 35.8 Å². The highest BCUT2D eigenvalue weighted by Gasteiger charge is 2.33. The highest BCUT2D eigenvalue weighted by molar-refractivity contribution is 6.06. The zero-order valence-electron chi connectivity index (χ0n) is 12.9. The largest absolute Gasteiger partial charge is 0.481 e. The fourth-order valence-electron chi connectivity index (χ4n) is 3.42. The zero-order valence-corrected chi connectivity index (χ0v) is 12.9. The summed E-state index contributed by atoms with van der Waals surface area (Å²) < 4.78 is 0. The van der Waals surface area contributed by atoms with Crippen LogP contribution >= 0.6 is 0 Å². The van der Waals surface area contributed by atoms with E-state index in [0.717, 1.165) is 22.0 Å². The summed E-state index contributed by atoms with van der Waals surface area (Å²) in [5, 5.41) is 10.4. The van der Waals surface area contributed by atoms with E-state index in [4.69, 9.17) is 0 Å². The number of carbonyl (C=O) groups excluding carboxylic acids is 1. The molecule has 1 atom stereocenters. The lowest BCUT2D eigenvalue weighted by Gasteiger charge is -2.33. The topological polar surface area (TPSA) is 73.4 Å². The first-order valence-corrected chi connectivity index (χ1v) is 7.81. The Balaban J connectivity index is 1.74. The van der Waals surface area contributed by atoms with Crippen molar-refractivity contribution in [3.8, 4) is 0 Å². The quantitative estimate of drug-likeness (QED) is 0.762. The molecular weight excluding hydrogens is 304 g/mol. The summed E-state index contributed by atoms with van der Waals surface area (Å²) in [6.07, 6.45) is 1.80. The van der Waals surface area contributed by atoms with Crippen molar-refractivity contribution in [1.82, 2.24) is 9.88 Å². The Morgan fingerprint density at radius 3 is 2.75 bits per heavy atom. The number of aromatic amines is 1. The van der Waals surface area contributed by atoms with Crippen LogP contribution in [0.1, 0.15) is 27.4 Å². The summed E-state index contributed by atoms with van der Waals surface area (Å²) in [4.78, 5) is 29.4. The summed E-state index contributed by atoms with van der Waals surface area (Å²) in [7, 11) is 0. The molecule has 1 unspecified atom stereocenters. The van der Waals surface area contributed by atoms with Gasteiger partial charge in [-0.05, 0) is 29.3 Å². The van der Waals surface area contributed by atoms with Crippen LogP contribution in [0.2, 0.25) is 0 Å². The SMILES string of the molecule is O=C(O)C1CN(C(=O)c2cccc3[nH]ccc23)Cc2ccccc21. The number of hydrogen-bond donors (Lipinski definition) is 2. The molecule has 1 aromatic heterocycles. The summed E-state index contributed by atoms with van der Waals surface area (Å²) in [6.45, 7) is 0.617. The van der Waals surface area contributed by atoms with Gasteiger partial charge in [0.25, 0.3) is 5.91 Å². The van der Waals surface area contributed by atoms with E-state index >= 15 is 0 Å². The van der Waals surface area contributed by atoms with Crippen molar-refractivity contribution < 1.29 is 14.7 Å². The van der Waals surface area contributed by atoms with E-state index in [-0.39, 0.29) is 12.5 Å². The van der Waals surface area contributed by atoms with Gasteiger partial charge in [0.1, 0.15) is 0 Å². The molecule has 3 aromatic rings. The predicted molar refractivity (Wildman–Crippen MR) is 89.9 cm³/mol. The maximum absolute atomic E-state index is 13.0. The third kappa shape index (κ3) is 2.25. The monoisotopic (exact) mass is 320 g/mol. The summed E-state index contributed by atoms with van der Waals surface area (Å²) in [5.74, 6) is -1.73. The van der Waals surface area contributed by atoms with E-state index in [1.807, 2.05) is 42.5 Å². The van der Waals surface area contributed by atoms with Crippen molar-refractivity contribution in [3.05, 3.63) is 71.4 Å². The van der Waals surface area contributed by atoms with Gasteiger partial charge in [0.15, 0.2) is 0 Å². The summed E-state index contributed by atoms with van der Waals surface area (Å²) in [5.41, 5.74) is 3.19. The number of aromatic nitrogens is 1. The third-order valence-electron chi connectivity index (χ3n) is 4.61. The van der Waals surface area contributed by atoms with E-state index in [2.05, 4.69) is 4.98 Å². The molecule has 0 bridgehead atoms. The molecule has 0 saturated carbocycles. The fraction of sp³-hybridized carbons (Fsp3) is 0.158. The molecular formula is C19H16N2O3. The van der Waals surface area contributed by atoms with Crippen LogP contribution in [0.15, 0.2) is 54.7 Å². The molecule has 120 valence electrons. The molecule has 0 spiro atoms. The highest BCUT2D eigenvalue weighted by atomic mass is 16.4. The van der Waals surface area contributed by atoms with Gasteiger partial charge in [-0.25, -0.2) is 0 Å². The average Bonchev–Trinajstić information content (AvgIpc) is 3.08. The molecule has 5 heteroatoms. The van der Waals surface area contributed by atoms with E-state index in [1.165, 1.54) is 0 Å². The summed E-state index contributed by atoms with van der Waals surface area (Å²) in [6, 6.07) is 14.8. The lowest BCUT2D eigenvalue weighted by molar-refractivity contribution is -0.139. The minimum absolute atomic E-state index is 0.138. The van der Waals surface area contributed by atoms with E-state index < -0.39 is 11.9 Å². The average molecular weight is 320 g/mol. The van der Waals surface area contributed by atoms with Gasteiger partial charge in [-0.15, -0.1) is 0 Å². The Labute approximate surface area is 138 Å². The number of rotatable bonds is 2. The molecule has 2 N–H and O–H groups in total. The van der Waals surface area contributed by atoms with E-state index in [1.54, 1.807) is 17.2 Å². The van der Waals surface area contributed by atoms with Crippen LogP contribution in [0.25, 0.3) is 10.9 Å². The molecule has 1 amide bonds. The van der Waals surface area contributed by atoms with Crippen LogP contribution in [0.5, 0.6) is 0 Å². The maximum Gasteiger partial charge on any atom is 0.312 e. The standard InChI is InChI=1S/C19H16N2O3/c22-18(15-6-3-7-17-14(15)8-9-20-17)21-10-12-4-1-2-5-13(12)16(11-21)19(23)24/h1-9,16,20H,10-11H2,(H,23,24). The maximum atomic E-state index is 13.0. The number of amides is 1. The van der Waals surface area contributed by atoms with Crippen molar-refractivity contribution in [2.24, 2.45) is 0 Å². The Kier molecular flexibility index (Phi) is 3.34. The molecule has 2 aromatic carbocycles. The molecule has 2 heterocycles. The minimum Gasteiger partial charge on any atom is -0.481 e. The third-order valence-corrected chi connectivity index (χ3v) is 4.61. The molecule has 24 heavy (non-hydrogen) atoms. The van der Waals surface area contributed by atoms with Crippen LogP contribution in [-0.2, 0) is 11.3 Å². The minimum atomic E-state index is -0.903. The second-order valence-electron chi connectivity index (χ2n) is 6.02. The van der Waals surface area contributed by atoms with Crippen molar-refractivity contribution in [2.75, 3.05) is 6.54 Å². The van der Waals surface area contributed by atoms with Crippen molar-refractivity contribution in [2.45, 2.75) is 12.5 Å². The van der Waals surface area contributed by atoms with Gasteiger partial charge in [-0.2, -0.15) is 0 Å². The predicted octanol–water partition coefficient (Wildman–Crippen LogP) is 2.99. The number of benzene rings is 2. The number of fused-ring (bicyclic) bond motifs is 2. The normalized spacial score (nSPS) is 16.8. The molecule has 1 aliphatic heterocycles. The van der Waals surface area contributed by atoms with Gasteiger partial charge in [0.05, 0.1) is 5.92 Å². The number of carbonyl (C=O) groups is 2. The highest BCUT2D eigenvalue weighted by Crippen LogP contribution is 2.30. The van der Waals surface area contributed by atoms with E-state index in [0.29, 0.717) is 12.1 Å². The number of carboxylic acid groups (broad SMARTS) is 1. The Morgan fingerprint density at radius 2 is 1.92 bits per heavy atom. The van der Waals surface area contributed by atoms with Gasteiger partial charge < -0.3 is 15.0 Å². The van der Waals surface area contributed by atoms with Gasteiger partial charge >= 0.3 is 5.97 Å². The van der Waals surface area contributed by atoms with Gasteiger partial charge in [0.2, 0.25) is 0 Å². The second-order valence-corrected chi connectivity index (χ2v) is 6.02. The first-order chi connectivity index (χ1) is 11.6. The molecule has 0 fully saturated rings. The zero-order chi connectivity index (χ0) is 16.7. The second kappa shape index (κ2) is 5.53. The number of aliphatic carboxylic acids is 1. The van der Waals surface area contributed by atoms with Gasteiger partial charge in [-0.1, -0.05) is 30.3 Å². The Morgan fingerprint density at radius 1 is 1.08 bits per heavy atom. The molecule has 5 nitrogen and oxygen atoms in total. The van der Waals surface area contributed by atoms with Crippen LogP contribution < -0.4 is 0 Å². The number of carboxylic acids is 1. The number of H-pyrrole nitrogens is 1. The van der Waals surface area contributed by atoms with Crippen LogP contribution in [0.4, 0.5) is 0 Å². The van der Waals surface area contributed by atoms with Gasteiger partial charge in [-0.3, -0.25) is 9.59 Å². The molecule has 4 rings (SSSR count). The number of hydrogen-bond acceptors (Lipinski definition) is 2.